The number of ether oxygens (including phenoxy) is 2. The second-order valence-corrected chi connectivity index (χ2v) is 14.1. The molecule has 0 aromatic heterocycles. The number of esters is 1. The molecule has 2 atom stereocenters. The number of fused-ring (bicyclic) bond motifs is 1. The Kier molecular flexibility index (Phi) is 8.13. The van der Waals surface area contributed by atoms with Gasteiger partial charge >= 0.3 is 21.5 Å². The molecule has 0 fully saturated rings. The summed E-state index contributed by atoms with van der Waals surface area (Å²) in [4.78, 5) is 27.5. The molecule has 0 saturated carbocycles. The monoisotopic (exact) mass is 892 g/mol. The maximum absolute atomic E-state index is 13.9. The highest BCUT2D eigenvalue weighted by Gasteiger charge is 2.56. The van der Waals surface area contributed by atoms with E-state index in [9.17, 15) is 26.8 Å². The van der Waals surface area contributed by atoms with Gasteiger partial charge in [-0.05, 0) is 102 Å². The van der Waals surface area contributed by atoms with E-state index in [-0.39, 0.29) is 0 Å². The minimum absolute atomic E-state index is 0.324. The van der Waals surface area contributed by atoms with E-state index in [0.717, 1.165) is 25.8 Å². The van der Waals surface area contributed by atoms with E-state index in [4.69, 9.17) is 9.29 Å². The molecule has 6 rings (SSSR count). The zero-order valence-electron chi connectivity index (χ0n) is 19.5. The Balaban J connectivity index is 1.61. The molecule has 3 aromatic rings. The fraction of sp³-hybridized carbons (Fsp3) is 0.231. The minimum atomic E-state index is -5.92. The van der Waals surface area contributed by atoms with Crippen molar-refractivity contribution in [1.29, 1.82) is 0 Å². The number of rotatable bonds is 7. The third kappa shape index (κ3) is 5.26. The van der Waals surface area contributed by atoms with Crippen molar-refractivity contribution in [2.24, 2.45) is 11.8 Å². The predicted molar refractivity (Wildman–Crippen MR) is 161 cm³/mol. The summed E-state index contributed by atoms with van der Waals surface area (Å²) in [6.45, 7) is -1.34. The molecule has 0 amide bonds. The summed E-state index contributed by atoms with van der Waals surface area (Å²) in [7, 11) is -5.92. The average Bonchev–Trinajstić information content (AvgIpc) is 2.88. The van der Waals surface area contributed by atoms with Crippen LogP contribution < -0.4 is 4.74 Å². The Hall–Kier alpha value is -1.28. The van der Waals surface area contributed by atoms with Crippen LogP contribution in [0.4, 0.5) is 8.78 Å². The van der Waals surface area contributed by atoms with E-state index in [1.54, 1.807) is 12.1 Å². The standard InChI is InChI=1S/C26H17F2I3O7S/c27-26(28,39(34,35)36)37-11-19(32)22-20-13-5-1-3-7-15(13)21(16-8-4-2-6-14(16)20)23(22)25(33)38-24-17(30)9-12(29)10-18(24)31/h1-10,20-23H,11H2,(H,34,35,36). The zero-order chi connectivity index (χ0) is 28.3. The lowest BCUT2D eigenvalue weighted by atomic mass is 9.53. The quantitative estimate of drug-likeness (QED) is 0.135. The third-order valence-electron chi connectivity index (χ3n) is 6.93. The van der Waals surface area contributed by atoms with Gasteiger partial charge in [0.15, 0.2) is 11.5 Å². The van der Waals surface area contributed by atoms with Crippen molar-refractivity contribution >= 4 is 89.6 Å². The van der Waals surface area contributed by atoms with Crippen LogP contribution in [0.15, 0.2) is 60.7 Å². The van der Waals surface area contributed by atoms with E-state index in [2.05, 4.69) is 72.5 Å². The molecule has 3 aromatic carbocycles. The molecule has 0 radical (unpaired) electrons. The van der Waals surface area contributed by atoms with Gasteiger partial charge in [0.05, 0.1) is 13.1 Å². The van der Waals surface area contributed by atoms with Crippen LogP contribution in [-0.4, -0.2) is 36.8 Å². The van der Waals surface area contributed by atoms with Crippen molar-refractivity contribution in [3.8, 4) is 5.75 Å². The van der Waals surface area contributed by atoms with Gasteiger partial charge in [0.1, 0.15) is 6.61 Å². The molecule has 0 aliphatic heterocycles. The normalized spacial score (nSPS) is 21.7. The van der Waals surface area contributed by atoms with Gasteiger partial charge < -0.3 is 4.74 Å². The Labute approximate surface area is 263 Å². The van der Waals surface area contributed by atoms with Crippen LogP contribution >= 0.6 is 67.8 Å². The molecular weight excluding hydrogens is 875 g/mol. The summed E-state index contributed by atoms with van der Waals surface area (Å²) in [6, 6.07) is 18.3. The molecule has 2 bridgehead atoms. The van der Waals surface area contributed by atoms with E-state index < -0.39 is 57.6 Å². The van der Waals surface area contributed by atoms with Gasteiger partial charge in [0.2, 0.25) is 0 Å². The van der Waals surface area contributed by atoms with Crippen LogP contribution in [0.5, 0.6) is 5.75 Å². The fourth-order valence-corrected chi connectivity index (χ4v) is 9.48. The Bertz CT molecular complexity index is 1540. The van der Waals surface area contributed by atoms with Gasteiger partial charge in [0, 0.05) is 21.3 Å². The molecular formula is C26H17F2I3O7S. The summed E-state index contributed by atoms with van der Waals surface area (Å²) in [5, 5.41) is 0. The van der Waals surface area contributed by atoms with Gasteiger partial charge in [-0.2, -0.15) is 17.2 Å². The SMILES string of the molecule is O=C(COC(F)(F)S(=O)(=O)O)C1C2c3ccccc3C(c3ccccc32)C1C(=O)Oc1c(I)cc(I)cc1I. The molecule has 13 heteroatoms. The zero-order valence-corrected chi connectivity index (χ0v) is 26.8. The van der Waals surface area contributed by atoms with E-state index >= 15 is 0 Å². The molecule has 2 unspecified atom stereocenters. The maximum atomic E-state index is 13.9. The number of carbonyl (C=O) groups is 2. The van der Waals surface area contributed by atoms with Crippen molar-refractivity contribution in [3.05, 3.63) is 93.6 Å². The Morgan fingerprint density at radius 1 is 0.846 bits per heavy atom. The molecule has 0 spiro atoms. The first-order chi connectivity index (χ1) is 18.3. The van der Waals surface area contributed by atoms with Gasteiger partial charge in [-0.15, -0.1) is 0 Å². The summed E-state index contributed by atoms with van der Waals surface area (Å²) in [6.07, 6.45) is 0. The summed E-state index contributed by atoms with van der Waals surface area (Å²) in [5.41, 5.74) is -1.81. The molecule has 3 aliphatic rings. The van der Waals surface area contributed by atoms with Crippen molar-refractivity contribution in [3.63, 3.8) is 0 Å². The van der Waals surface area contributed by atoms with E-state index in [1.807, 2.05) is 48.5 Å². The second-order valence-electron chi connectivity index (χ2n) is 9.08. The second kappa shape index (κ2) is 10.8. The number of carbonyl (C=O) groups excluding carboxylic acids is 2. The predicted octanol–water partition coefficient (Wildman–Crippen LogP) is 5.95. The summed E-state index contributed by atoms with van der Waals surface area (Å²) >= 11 is 6.24. The number of ketones is 1. The number of Topliss-reactive ketones (excluding diaryl/α,β-unsaturated/α-hetero) is 1. The van der Waals surface area contributed by atoms with Crippen LogP contribution in [0.3, 0.4) is 0 Å². The highest BCUT2D eigenvalue weighted by Crippen LogP contribution is 2.59. The van der Waals surface area contributed by atoms with Crippen LogP contribution in [0.2, 0.25) is 0 Å². The third-order valence-corrected chi connectivity index (χ3v) is 9.87. The largest absolute Gasteiger partial charge is 0.488 e. The van der Waals surface area contributed by atoms with Gasteiger partial charge in [0.25, 0.3) is 0 Å². The lowest BCUT2D eigenvalue weighted by Crippen LogP contribution is -2.49. The van der Waals surface area contributed by atoms with Crippen LogP contribution in [0, 0.1) is 22.5 Å². The number of halogens is 5. The van der Waals surface area contributed by atoms with Crippen LogP contribution in [0.1, 0.15) is 34.1 Å². The molecule has 39 heavy (non-hydrogen) atoms. The Morgan fingerprint density at radius 2 is 1.28 bits per heavy atom. The van der Waals surface area contributed by atoms with Crippen molar-refractivity contribution in [2.45, 2.75) is 17.3 Å². The topological polar surface area (TPSA) is 107 Å². The minimum Gasteiger partial charge on any atom is -0.424 e. The number of hydrogen-bond acceptors (Lipinski definition) is 6. The van der Waals surface area contributed by atoms with Crippen LogP contribution in [-0.2, 0) is 24.4 Å². The van der Waals surface area contributed by atoms with Crippen molar-refractivity contribution < 1.29 is 40.8 Å². The van der Waals surface area contributed by atoms with Crippen LogP contribution in [0.25, 0.3) is 0 Å². The molecule has 3 aliphatic carbocycles. The first-order valence-corrected chi connectivity index (χ1v) is 16.0. The fourth-order valence-electron chi connectivity index (χ4n) is 5.47. The van der Waals surface area contributed by atoms with E-state index in [0.29, 0.717) is 12.9 Å². The summed E-state index contributed by atoms with van der Waals surface area (Å²) < 4.78 is 71.0. The molecule has 1 N–H and O–H groups in total. The van der Waals surface area contributed by atoms with Gasteiger partial charge in [-0.3, -0.25) is 18.9 Å². The number of benzene rings is 3. The van der Waals surface area contributed by atoms with Crippen molar-refractivity contribution in [1.82, 2.24) is 0 Å². The lowest BCUT2D eigenvalue weighted by molar-refractivity contribution is -0.182. The molecule has 7 nitrogen and oxygen atoms in total. The first kappa shape index (κ1) is 29.2. The Morgan fingerprint density at radius 3 is 1.72 bits per heavy atom. The summed E-state index contributed by atoms with van der Waals surface area (Å²) in [5.74, 6) is -4.91. The highest BCUT2D eigenvalue weighted by atomic mass is 127. The average molecular weight is 892 g/mol. The molecule has 204 valence electrons. The molecule has 0 heterocycles. The maximum Gasteiger partial charge on any atom is 0.488 e. The lowest BCUT2D eigenvalue weighted by Gasteiger charge is -2.48. The number of alkyl halides is 2. The first-order valence-electron chi connectivity index (χ1n) is 11.4. The smallest absolute Gasteiger partial charge is 0.424 e. The highest BCUT2D eigenvalue weighted by molar-refractivity contribution is 14.1. The van der Waals surface area contributed by atoms with E-state index in [1.165, 1.54) is 0 Å². The van der Waals surface area contributed by atoms with Crippen molar-refractivity contribution in [2.75, 3.05) is 6.61 Å². The van der Waals surface area contributed by atoms with Gasteiger partial charge in [-0.1, -0.05) is 48.5 Å². The molecule has 0 saturated heterocycles. The van der Waals surface area contributed by atoms with Gasteiger partial charge in [-0.25, -0.2) is 0 Å². The number of hydrogen-bond donors (Lipinski definition) is 1.